The van der Waals surface area contributed by atoms with E-state index in [9.17, 15) is 0 Å². The first-order chi connectivity index (χ1) is 10.0. The van der Waals surface area contributed by atoms with Gasteiger partial charge in [0.2, 0.25) is 0 Å². The van der Waals surface area contributed by atoms with E-state index in [1.165, 1.54) is 33.0 Å². The maximum Gasteiger partial charge on any atom is 4.00 e. The third-order valence-corrected chi connectivity index (χ3v) is 3.73. The molecule has 0 bridgehead atoms. The molecule has 0 nitrogen and oxygen atoms in total. The van der Waals surface area contributed by atoms with E-state index in [1.54, 1.807) is 0 Å². The molecule has 0 amide bonds. The maximum atomic E-state index is 2.24. The Balaban J connectivity index is -0.000000286. The van der Waals surface area contributed by atoms with Crippen molar-refractivity contribution in [3.8, 4) is 0 Å². The molecule has 0 spiro atoms. The number of hydrogen-bond donors (Lipinski definition) is 0. The molecule has 0 aliphatic rings. The zero-order valence-corrected chi connectivity index (χ0v) is 19.1. The van der Waals surface area contributed by atoms with Crippen molar-refractivity contribution in [3.05, 3.63) is 70.8 Å². The third-order valence-electron chi connectivity index (χ3n) is 3.73. The van der Waals surface area contributed by atoms with Crippen molar-refractivity contribution in [1.29, 1.82) is 0 Å². The predicted octanol–water partition coefficient (Wildman–Crippen LogP) is -0.278. The molecule has 0 atom stereocenters. The largest absolute Gasteiger partial charge is 4.00 e. The molecular formula is C20H27F2SiZr. The summed E-state index contributed by atoms with van der Waals surface area (Å²) < 4.78 is 0. The van der Waals surface area contributed by atoms with Crippen LogP contribution in [0.3, 0.4) is 0 Å². The minimum Gasteiger partial charge on any atom is -1.00 e. The molecule has 3 aromatic carbocycles. The Morgan fingerprint density at radius 1 is 0.958 bits per heavy atom. The van der Waals surface area contributed by atoms with Crippen LogP contribution in [0.25, 0.3) is 10.8 Å². The summed E-state index contributed by atoms with van der Waals surface area (Å²) in [6.07, 6.45) is 0. The first kappa shape index (κ1) is 28.0. The standard InChI is InChI=1S/C9H7.C9H13.C2H7Si.2FH.Zr/c1-2-5-9-7-3-6-8(9)4-1;1-6-5-7(2)9(4)8(6)3;1-3-2;;;/h1-7H;5H,1-4H3;3H,1-2H3;2*1H;/q2*-1;;;;+4/p-2. The topological polar surface area (TPSA) is 0 Å². The van der Waals surface area contributed by atoms with E-state index < -0.39 is 0 Å². The Hall–Kier alpha value is -0.860. The average Bonchev–Trinajstić information content (AvgIpc) is 3.02. The van der Waals surface area contributed by atoms with Crippen LogP contribution in [0.15, 0.2) is 48.5 Å². The van der Waals surface area contributed by atoms with Gasteiger partial charge in [0, 0.05) is 9.52 Å². The van der Waals surface area contributed by atoms with E-state index in [2.05, 4.69) is 89.3 Å². The van der Waals surface area contributed by atoms with Gasteiger partial charge in [0.15, 0.2) is 0 Å². The Morgan fingerprint density at radius 3 is 1.88 bits per heavy atom. The van der Waals surface area contributed by atoms with Gasteiger partial charge in [-0.15, -0.1) is 29.7 Å². The first-order valence-corrected chi connectivity index (χ1v) is 9.86. The van der Waals surface area contributed by atoms with Crippen LogP contribution in [0.1, 0.15) is 22.3 Å². The Bertz CT molecular complexity index is 619. The molecule has 4 heteroatoms. The van der Waals surface area contributed by atoms with Gasteiger partial charge in [0.25, 0.3) is 0 Å². The van der Waals surface area contributed by atoms with Gasteiger partial charge >= 0.3 is 26.2 Å². The number of halogens is 2. The van der Waals surface area contributed by atoms with Crippen molar-refractivity contribution in [2.45, 2.75) is 40.8 Å². The molecule has 0 aromatic heterocycles. The van der Waals surface area contributed by atoms with Crippen molar-refractivity contribution in [2.75, 3.05) is 0 Å². The Morgan fingerprint density at radius 2 is 1.50 bits per heavy atom. The van der Waals surface area contributed by atoms with Crippen molar-refractivity contribution in [1.82, 2.24) is 0 Å². The number of hydrogen-bond acceptors (Lipinski definition) is 0. The molecule has 0 fully saturated rings. The third kappa shape index (κ3) is 8.30. The zero-order chi connectivity index (χ0) is 15.8. The number of benzene rings is 1. The first-order valence-electron chi connectivity index (χ1n) is 7.55. The summed E-state index contributed by atoms with van der Waals surface area (Å²) in [6, 6.07) is 16.9. The van der Waals surface area contributed by atoms with E-state index in [0.29, 0.717) is 0 Å². The predicted molar refractivity (Wildman–Crippen MR) is 99.4 cm³/mol. The molecule has 0 aliphatic heterocycles. The van der Waals surface area contributed by atoms with Crippen molar-refractivity contribution in [3.63, 3.8) is 0 Å². The number of rotatable bonds is 0. The van der Waals surface area contributed by atoms with Crippen LogP contribution in [0.2, 0.25) is 13.1 Å². The van der Waals surface area contributed by atoms with Crippen molar-refractivity contribution >= 4 is 20.3 Å². The molecule has 3 rings (SSSR count). The molecule has 0 saturated heterocycles. The smallest absolute Gasteiger partial charge is 1.00 e. The van der Waals surface area contributed by atoms with Gasteiger partial charge < -0.3 is 9.41 Å². The number of aryl methyl sites for hydroxylation is 2. The van der Waals surface area contributed by atoms with E-state index in [4.69, 9.17) is 0 Å². The Kier molecular flexibility index (Phi) is 16.9. The minimum absolute atomic E-state index is 0. The molecule has 1 radical (unpaired) electrons. The van der Waals surface area contributed by atoms with E-state index >= 15 is 0 Å². The molecule has 0 N–H and O–H groups in total. The normalized spacial score (nSPS) is 8.42. The van der Waals surface area contributed by atoms with Crippen LogP contribution in [0, 0.1) is 27.7 Å². The zero-order valence-electron chi connectivity index (χ0n) is 15.5. The van der Waals surface area contributed by atoms with Gasteiger partial charge in [-0.2, -0.15) is 45.8 Å². The van der Waals surface area contributed by atoms with Crippen LogP contribution < -0.4 is 9.41 Å². The second-order valence-electron chi connectivity index (χ2n) is 5.49. The fraction of sp³-hybridized carbons (Fsp3) is 0.300. The van der Waals surface area contributed by atoms with Crippen LogP contribution in [0.5, 0.6) is 0 Å². The monoisotopic (exact) mass is 423 g/mol. The van der Waals surface area contributed by atoms with Gasteiger partial charge in [-0.05, 0) is 0 Å². The average molecular weight is 425 g/mol. The summed E-state index contributed by atoms with van der Waals surface area (Å²) in [5, 5.41) is 2.66. The molecular weight excluding hydrogens is 398 g/mol. The molecule has 3 aromatic rings. The molecule has 0 heterocycles. The van der Waals surface area contributed by atoms with Gasteiger partial charge in [0.05, 0.1) is 0 Å². The summed E-state index contributed by atoms with van der Waals surface area (Å²) in [7, 11) is 0.750. The van der Waals surface area contributed by atoms with Crippen LogP contribution >= 0.6 is 0 Å². The van der Waals surface area contributed by atoms with Gasteiger partial charge in [-0.3, -0.25) is 0 Å². The summed E-state index contributed by atoms with van der Waals surface area (Å²) >= 11 is 0. The van der Waals surface area contributed by atoms with E-state index in [0.717, 1.165) is 9.52 Å². The van der Waals surface area contributed by atoms with Crippen LogP contribution in [-0.2, 0) is 26.2 Å². The van der Waals surface area contributed by atoms with Crippen molar-refractivity contribution in [2.24, 2.45) is 0 Å². The second-order valence-corrected chi connectivity index (χ2v) is 6.65. The Labute approximate surface area is 167 Å². The van der Waals surface area contributed by atoms with E-state index in [-0.39, 0.29) is 35.6 Å². The number of fused-ring (bicyclic) bond motifs is 1. The van der Waals surface area contributed by atoms with Gasteiger partial charge in [-0.1, -0.05) is 46.9 Å². The molecule has 129 valence electrons. The summed E-state index contributed by atoms with van der Waals surface area (Å²) in [6.45, 7) is 13.1. The maximum absolute atomic E-state index is 2.24. The molecule has 0 aliphatic carbocycles. The molecule has 0 saturated carbocycles. The van der Waals surface area contributed by atoms with Gasteiger partial charge in [-0.25, -0.2) is 0 Å². The summed E-state index contributed by atoms with van der Waals surface area (Å²) in [5.41, 5.74) is 5.75. The second kappa shape index (κ2) is 14.5. The molecule has 0 unspecified atom stereocenters. The quantitative estimate of drug-likeness (QED) is 0.344. The fourth-order valence-electron chi connectivity index (χ4n) is 2.20. The van der Waals surface area contributed by atoms with Crippen LogP contribution in [0.4, 0.5) is 0 Å². The SMILES string of the molecule is C[SiH]C.Cc1c[c-](C)c(C)c1C.[F-].[F-].[Zr+4].c1ccc2[cH-]ccc2c1. The van der Waals surface area contributed by atoms with Crippen molar-refractivity contribution < 1.29 is 35.6 Å². The minimum atomic E-state index is 0. The summed E-state index contributed by atoms with van der Waals surface area (Å²) in [4.78, 5) is 0. The van der Waals surface area contributed by atoms with Gasteiger partial charge in [0.1, 0.15) is 0 Å². The summed E-state index contributed by atoms with van der Waals surface area (Å²) in [5.74, 6) is 0. The van der Waals surface area contributed by atoms with Crippen LogP contribution in [-0.4, -0.2) is 9.52 Å². The van der Waals surface area contributed by atoms with E-state index in [1.807, 2.05) is 0 Å². The fourth-order valence-corrected chi connectivity index (χ4v) is 2.20. The molecule has 24 heavy (non-hydrogen) atoms.